The molecule has 0 atom stereocenters. The standard InChI is InChI=1S/C10H9ClN2O2S/c11-9-5-7(6-12)1-4-10(9)13-16(14,15)8-2-3-8/h1,4-5,8,13H,2-3H2. The van der Waals surface area contributed by atoms with Gasteiger partial charge in [-0.05, 0) is 31.0 Å². The van der Waals surface area contributed by atoms with Crippen LogP contribution in [0.4, 0.5) is 5.69 Å². The SMILES string of the molecule is N#Cc1ccc(NS(=O)(=O)C2CC2)c(Cl)c1. The van der Waals surface area contributed by atoms with Gasteiger partial charge in [0.2, 0.25) is 10.0 Å². The number of rotatable bonds is 3. The quantitative estimate of drug-likeness (QED) is 0.901. The lowest BCUT2D eigenvalue weighted by atomic mass is 10.2. The van der Waals surface area contributed by atoms with Crippen molar-refractivity contribution in [2.24, 2.45) is 0 Å². The Morgan fingerprint density at radius 1 is 1.44 bits per heavy atom. The van der Waals surface area contributed by atoms with Crippen LogP contribution >= 0.6 is 11.6 Å². The molecular weight excluding hydrogens is 248 g/mol. The molecule has 84 valence electrons. The van der Waals surface area contributed by atoms with E-state index >= 15 is 0 Å². The molecule has 6 heteroatoms. The van der Waals surface area contributed by atoms with Crippen molar-refractivity contribution in [3.8, 4) is 6.07 Å². The Hall–Kier alpha value is -1.25. The van der Waals surface area contributed by atoms with Crippen molar-refractivity contribution in [1.82, 2.24) is 0 Å². The van der Waals surface area contributed by atoms with Crippen LogP contribution in [-0.2, 0) is 10.0 Å². The number of nitrogens with zero attached hydrogens (tertiary/aromatic N) is 1. The second-order valence-corrected chi connectivity index (χ2v) is 6.02. The lowest BCUT2D eigenvalue weighted by molar-refractivity contribution is 0.600. The molecule has 0 unspecified atom stereocenters. The van der Waals surface area contributed by atoms with Gasteiger partial charge in [-0.15, -0.1) is 0 Å². The van der Waals surface area contributed by atoms with Crippen LogP contribution in [0, 0.1) is 11.3 Å². The van der Waals surface area contributed by atoms with Crippen LogP contribution in [0.25, 0.3) is 0 Å². The molecule has 0 saturated heterocycles. The first-order valence-corrected chi connectivity index (χ1v) is 6.66. The molecule has 0 heterocycles. The van der Waals surface area contributed by atoms with Gasteiger partial charge in [0.1, 0.15) is 0 Å². The summed E-state index contributed by atoms with van der Waals surface area (Å²) in [6.45, 7) is 0. The molecule has 1 aliphatic rings. The number of benzene rings is 1. The summed E-state index contributed by atoms with van der Waals surface area (Å²) in [7, 11) is -3.30. The fourth-order valence-corrected chi connectivity index (χ4v) is 2.97. The summed E-state index contributed by atoms with van der Waals surface area (Å²) >= 11 is 5.86. The molecule has 1 fully saturated rings. The molecule has 1 saturated carbocycles. The van der Waals surface area contributed by atoms with Gasteiger partial charge >= 0.3 is 0 Å². The zero-order valence-electron chi connectivity index (χ0n) is 8.27. The van der Waals surface area contributed by atoms with E-state index in [0.717, 1.165) is 0 Å². The van der Waals surface area contributed by atoms with Gasteiger partial charge in [0, 0.05) is 0 Å². The van der Waals surface area contributed by atoms with Crippen molar-refractivity contribution >= 4 is 27.3 Å². The number of nitrogens with one attached hydrogen (secondary N) is 1. The van der Waals surface area contributed by atoms with Crippen molar-refractivity contribution in [2.75, 3.05) is 4.72 Å². The first kappa shape index (κ1) is 11.2. The normalized spacial score (nSPS) is 15.5. The molecule has 0 bridgehead atoms. The fourth-order valence-electron chi connectivity index (χ4n) is 1.28. The molecule has 0 aromatic heterocycles. The van der Waals surface area contributed by atoms with Gasteiger partial charge in [0.25, 0.3) is 0 Å². The monoisotopic (exact) mass is 256 g/mol. The topological polar surface area (TPSA) is 70.0 Å². The van der Waals surface area contributed by atoms with E-state index in [1.54, 1.807) is 0 Å². The summed E-state index contributed by atoms with van der Waals surface area (Å²) in [6, 6.07) is 6.39. The minimum absolute atomic E-state index is 0.239. The number of sulfonamides is 1. The van der Waals surface area contributed by atoms with Crippen molar-refractivity contribution in [1.29, 1.82) is 5.26 Å². The van der Waals surface area contributed by atoms with Crippen molar-refractivity contribution in [2.45, 2.75) is 18.1 Å². The highest BCUT2D eigenvalue weighted by Gasteiger charge is 2.35. The summed E-state index contributed by atoms with van der Waals surface area (Å²) in [5.41, 5.74) is 0.729. The van der Waals surface area contributed by atoms with Gasteiger partial charge < -0.3 is 0 Å². The van der Waals surface area contributed by atoms with Gasteiger partial charge in [-0.25, -0.2) is 8.42 Å². The maximum atomic E-state index is 11.6. The molecule has 16 heavy (non-hydrogen) atoms. The molecule has 1 aromatic rings. The van der Waals surface area contributed by atoms with Crippen molar-refractivity contribution < 1.29 is 8.42 Å². The average molecular weight is 257 g/mol. The summed E-state index contributed by atoms with van der Waals surface area (Å²) < 4.78 is 25.7. The Morgan fingerprint density at radius 2 is 2.12 bits per heavy atom. The van der Waals surface area contributed by atoms with E-state index in [9.17, 15) is 8.42 Å². The zero-order valence-corrected chi connectivity index (χ0v) is 9.85. The molecule has 0 spiro atoms. The molecule has 0 aliphatic heterocycles. The van der Waals surface area contributed by atoms with E-state index in [2.05, 4.69) is 4.72 Å². The van der Waals surface area contributed by atoms with Crippen LogP contribution in [0.15, 0.2) is 18.2 Å². The number of anilines is 1. The Balaban J connectivity index is 2.26. The average Bonchev–Trinajstić information content (AvgIpc) is 3.04. The van der Waals surface area contributed by atoms with Crippen LogP contribution < -0.4 is 4.72 Å². The number of hydrogen-bond donors (Lipinski definition) is 1. The number of nitriles is 1. The van der Waals surface area contributed by atoms with Crippen LogP contribution in [0.3, 0.4) is 0 Å². The Kier molecular flexibility index (Phi) is 2.78. The number of hydrogen-bond acceptors (Lipinski definition) is 3. The predicted molar refractivity (Wildman–Crippen MR) is 61.7 cm³/mol. The third kappa shape index (κ3) is 2.29. The van der Waals surface area contributed by atoms with E-state index in [1.807, 2.05) is 6.07 Å². The third-order valence-corrected chi connectivity index (χ3v) is 4.48. The Morgan fingerprint density at radius 3 is 2.62 bits per heavy atom. The highest BCUT2D eigenvalue weighted by atomic mass is 35.5. The van der Waals surface area contributed by atoms with Crippen LogP contribution in [0.1, 0.15) is 18.4 Å². The molecule has 1 aliphatic carbocycles. The van der Waals surface area contributed by atoms with E-state index in [-0.39, 0.29) is 10.3 Å². The van der Waals surface area contributed by atoms with Gasteiger partial charge in [-0.1, -0.05) is 11.6 Å². The molecule has 2 rings (SSSR count). The summed E-state index contributed by atoms with van der Waals surface area (Å²) in [6.07, 6.45) is 1.40. The molecule has 0 radical (unpaired) electrons. The first-order valence-electron chi connectivity index (χ1n) is 4.74. The van der Waals surface area contributed by atoms with Gasteiger partial charge in [-0.2, -0.15) is 5.26 Å². The van der Waals surface area contributed by atoms with Crippen LogP contribution in [0.2, 0.25) is 5.02 Å². The van der Waals surface area contributed by atoms with Crippen LogP contribution in [0.5, 0.6) is 0 Å². The second kappa shape index (κ2) is 3.96. The summed E-state index contributed by atoms with van der Waals surface area (Å²) in [4.78, 5) is 0. The van der Waals surface area contributed by atoms with E-state index in [4.69, 9.17) is 16.9 Å². The van der Waals surface area contributed by atoms with E-state index < -0.39 is 10.0 Å². The van der Waals surface area contributed by atoms with E-state index in [0.29, 0.717) is 24.1 Å². The maximum absolute atomic E-state index is 11.6. The van der Waals surface area contributed by atoms with Crippen molar-refractivity contribution in [3.05, 3.63) is 28.8 Å². The molecule has 1 aromatic carbocycles. The minimum Gasteiger partial charge on any atom is -0.282 e. The highest BCUT2D eigenvalue weighted by Crippen LogP contribution is 2.31. The minimum atomic E-state index is -3.30. The van der Waals surface area contributed by atoms with E-state index in [1.165, 1.54) is 18.2 Å². The molecule has 0 amide bonds. The maximum Gasteiger partial charge on any atom is 0.235 e. The number of halogens is 1. The largest absolute Gasteiger partial charge is 0.282 e. The molecular formula is C10H9ClN2O2S. The van der Waals surface area contributed by atoms with Gasteiger partial charge in [0.15, 0.2) is 0 Å². The predicted octanol–water partition coefficient (Wildman–Crippen LogP) is 2.12. The lowest BCUT2D eigenvalue weighted by Gasteiger charge is -2.08. The summed E-state index contributed by atoms with van der Waals surface area (Å²) in [5.74, 6) is 0. The second-order valence-electron chi connectivity index (χ2n) is 3.65. The zero-order chi connectivity index (χ0) is 11.8. The Labute approximate surface area is 98.9 Å². The van der Waals surface area contributed by atoms with Gasteiger partial charge in [-0.3, -0.25) is 4.72 Å². The fraction of sp³-hybridized carbons (Fsp3) is 0.300. The summed E-state index contributed by atoms with van der Waals surface area (Å²) in [5, 5.41) is 8.58. The van der Waals surface area contributed by atoms with Crippen molar-refractivity contribution in [3.63, 3.8) is 0 Å². The molecule has 4 nitrogen and oxygen atoms in total. The lowest BCUT2D eigenvalue weighted by Crippen LogP contribution is -2.17. The van der Waals surface area contributed by atoms with Gasteiger partial charge in [0.05, 0.1) is 27.6 Å². The highest BCUT2D eigenvalue weighted by molar-refractivity contribution is 7.93. The molecule has 1 N–H and O–H groups in total. The Bertz CT molecular complexity index is 559. The third-order valence-electron chi connectivity index (χ3n) is 2.31. The smallest absolute Gasteiger partial charge is 0.235 e. The van der Waals surface area contributed by atoms with Crippen LogP contribution in [-0.4, -0.2) is 13.7 Å². The first-order chi connectivity index (χ1) is 7.53.